The second kappa shape index (κ2) is 7.89. The number of fused-ring (bicyclic) bond motifs is 2. The van der Waals surface area contributed by atoms with E-state index in [1.54, 1.807) is 11.9 Å². The van der Waals surface area contributed by atoms with Crippen LogP contribution in [-0.4, -0.2) is 52.4 Å². The normalized spacial score (nSPS) is 19.8. The van der Waals surface area contributed by atoms with E-state index in [2.05, 4.69) is 20.6 Å². The number of benzene rings is 1. The van der Waals surface area contributed by atoms with Crippen LogP contribution in [0.2, 0.25) is 0 Å². The summed E-state index contributed by atoms with van der Waals surface area (Å²) in [6, 6.07) is 7.98. The van der Waals surface area contributed by atoms with Crippen LogP contribution < -0.4 is 10.6 Å². The van der Waals surface area contributed by atoms with Crippen molar-refractivity contribution in [2.45, 2.75) is 51.0 Å². The first-order valence-corrected chi connectivity index (χ1v) is 10.4. The zero-order valence-corrected chi connectivity index (χ0v) is 17.2. The fraction of sp³-hybridized carbons (Fsp3) is 0.500. The number of para-hydroxylation sites is 1. The number of aromatic nitrogens is 2. The SMILES string of the molecule is CN(CCNC(=O)C1(C)Cc2ccccc2N1)C(=O)Cc1nc2c([nH]1)CCCC2. The van der Waals surface area contributed by atoms with Gasteiger partial charge in [0.1, 0.15) is 11.4 Å². The Bertz CT molecular complexity index is 871. The van der Waals surface area contributed by atoms with Crippen molar-refractivity contribution in [3.8, 4) is 0 Å². The summed E-state index contributed by atoms with van der Waals surface area (Å²) in [6.45, 7) is 2.80. The molecule has 0 bridgehead atoms. The lowest BCUT2D eigenvalue weighted by atomic mass is 9.96. The highest BCUT2D eigenvalue weighted by atomic mass is 16.2. The quantitative estimate of drug-likeness (QED) is 0.696. The highest BCUT2D eigenvalue weighted by Crippen LogP contribution is 2.32. The molecule has 2 heterocycles. The molecule has 7 heteroatoms. The van der Waals surface area contributed by atoms with Gasteiger partial charge in [0.15, 0.2) is 0 Å². The number of nitrogens with one attached hydrogen (secondary N) is 3. The van der Waals surface area contributed by atoms with Gasteiger partial charge in [0, 0.05) is 37.9 Å². The molecule has 2 amide bonds. The Morgan fingerprint density at radius 1 is 1.24 bits per heavy atom. The van der Waals surface area contributed by atoms with Gasteiger partial charge in [-0.1, -0.05) is 18.2 Å². The molecule has 0 radical (unpaired) electrons. The summed E-state index contributed by atoms with van der Waals surface area (Å²) in [4.78, 5) is 34.8. The number of anilines is 1. The van der Waals surface area contributed by atoms with Crippen LogP contribution in [0.15, 0.2) is 24.3 Å². The van der Waals surface area contributed by atoms with Crippen molar-refractivity contribution >= 4 is 17.5 Å². The van der Waals surface area contributed by atoms with Gasteiger partial charge >= 0.3 is 0 Å². The van der Waals surface area contributed by atoms with Crippen LogP contribution in [0.4, 0.5) is 5.69 Å². The van der Waals surface area contributed by atoms with Gasteiger partial charge in [0.25, 0.3) is 0 Å². The fourth-order valence-electron chi connectivity index (χ4n) is 4.19. The van der Waals surface area contributed by atoms with Crippen molar-refractivity contribution in [1.82, 2.24) is 20.2 Å². The molecule has 1 unspecified atom stereocenters. The minimum Gasteiger partial charge on any atom is -0.371 e. The largest absolute Gasteiger partial charge is 0.371 e. The number of nitrogens with zero attached hydrogens (tertiary/aromatic N) is 2. The molecule has 154 valence electrons. The molecule has 0 saturated carbocycles. The van der Waals surface area contributed by atoms with E-state index in [9.17, 15) is 9.59 Å². The molecule has 0 spiro atoms. The summed E-state index contributed by atoms with van der Waals surface area (Å²) < 4.78 is 0. The Morgan fingerprint density at radius 3 is 2.83 bits per heavy atom. The van der Waals surface area contributed by atoms with E-state index in [-0.39, 0.29) is 18.2 Å². The Balaban J connectivity index is 1.24. The highest BCUT2D eigenvalue weighted by Gasteiger charge is 2.38. The van der Waals surface area contributed by atoms with Crippen LogP contribution in [0.1, 0.15) is 42.5 Å². The number of aryl methyl sites for hydroxylation is 2. The molecular formula is C22H29N5O2. The molecule has 0 fully saturated rings. The minimum absolute atomic E-state index is 0.00274. The van der Waals surface area contributed by atoms with Crippen molar-refractivity contribution < 1.29 is 9.59 Å². The number of amides is 2. The predicted molar refractivity (Wildman–Crippen MR) is 112 cm³/mol. The first-order valence-electron chi connectivity index (χ1n) is 10.4. The van der Waals surface area contributed by atoms with E-state index in [4.69, 9.17) is 0 Å². The third kappa shape index (κ3) is 4.13. The van der Waals surface area contributed by atoms with Gasteiger partial charge in [-0.15, -0.1) is 0 Å². The maximum absolute atomic E-state index is 12.7. The zero-order chi connectivity index (χ0) is 20.4. The number of imidazole rings is 1. The van der Waals surface area contributed by atoms with Crippen molar-refractivity contribution in [1.29, 1.82) is 0 Å². The molecule has 1 aromatic carbocycles. The average Bonchev–Trinajstić information content (AvgIpc) is 3.27. The van der Waals surface area contributed by atoms with Gasteiger partial charge in [-0.25, -0.2) is 4.98 Å². The number of carbonyl (C=O) groups is 2. The fourth-order valence-corrected chi connectivity index (χ4v) is 4.19. The number of hydrogen-bond donors (Lipinski definition) is 3. The Hall–Kier alpha value is -2.83. The standard InChI is InChI=1S/C22H29N5O2/c1-22(14-15-7-3-4-8-16(15)26-22)21(29)23-11-12-27(2)20(28)13-19-24-17-9-5-6-10-18(17)25-19/h3-4,7-8,26H,5-6,9-14H2,1-2H3,(H,23,29)(H,24,25). The lowest BCUT2D eigenvalue weighted by Gasteiger charge is -2.25. The molecule has 1 aromatic heterocycles. The van der Waals surface area contributed by atoms with E-state index in [0.717, 1.165) is 35.6 Å². The van der Waals surface area contributed by atoms with Gasteiger partial charge in [0.2, 0.25) is 11.8 Å². The molecule has 2 aromatic rings. The number of hydrogen-bond acceptors (Lipinski definition) is 4. The van der Waals surface area contributed by atoms with Crippen LogP contribution in [0, 0.1) is 0 Å². The zero-order valence-electron chi connectivity index (χ0n) is 17.2. The van der Waals surface area contributed by atoms with Crippen LogP contribution in [0.3, 0.4) is 0 Å². The lowest BCUT2D eigenvalue weighted by Crippen LogP contribution is -2.50. The smallest absolute Gasteiger partial charge is 0.245 e. The average molecular weight is 396 g/mol. The lowest BCUT2D eigenvalue weighted by molar-refractivity contribution is -0.130. The van der Waals surface area contributed by atoms with Crippen LogP contribution >= 0.6 is 0 Å². The van der Waals surface area contributed by atoms with Gasteiger partial charge in [0.05, 0.1) is 12.1 Å². The molecule has 29 heavy (non-hydrogen) atoms. The summed E-state index contributed by atoms with van der Waals surface area (Å²) in [6.07, 6.45) is 5.30. The van der Waals surface area contributed by atoms with E-state index >= 15 is 0 Å². The molecule has 7 nitrogen and oxygen atoms in total. The summed E-state index contributed by atoms with van der Waals surface area (Å²) in [5.41, 5.74) is 3.82. The van der Waals surface area contributed by atoms with Crippen molar-refractivity contribution in [3.05, 3.63) is 47.0 Å². The number of carbonyl (C=O) groups excluding carboxylic acids is 2. The van der Waals surface area contributed by atoms with E-state index in [1.807, 2.05) is 31.2 Å². The number of H-pyrrole nitrogens is 1. The second-order valence-electron chi connectivity index (χ2n) is 8.35. The Kier molecular flexibility index (Phi) is 5.30. The Labute approximate surface area is 171 Å². The van der Waals surface area contributed by atoms with Crippen molar-refractivity contribution in [3.63, 3.8) is 0 Å². The predicted octanol–water partition coefficient (Wildman–Crippen LogP) is 1.83. The van der Waals surface area contributed by atoms with Gasteiger partial charge in [-0.2, -0.15) is 0 Å². The Morgan fingerprint density at radius 2 is 2.03 bits per heavy atom. The minimum atomic E-state index is -0.653. The van der Waals surface area contributed by atoms with E-state index in [1.165, 1.54) is 18.5 Å². The molecule has 0 saturated heterocycles. The summed E-state index contributed by atoms with van der Waals surface area (Å²) in [5.74, 6) is 0.703. The van der Waals surface area contributed by atoms with E-state index in [0.29, 0.717) is 19.5 Å². The van der Waals surface area contributed by atoms with Crippen LogP contribution in [-0.2, 0) is 35.3 Å². The van der Waals surface area contributed by atoms with Crippen molar-refractivity contribution in [2.75, 3.05) is 25.5 Å². The molecule has 2 aliphatic rings. The first kappa shape index (κ1) is 19.5. The maximum atomic E-state index is 12.7. The molecule has 3 N–H and O–H groups in total. The van der Waals surface area contributed by atoms with Crippen LogP contribution in [0.5, 0.6) is 0 Å². The summed E-state index contributed by atoms with van der Waals surface area (Å²) in [5, 5.41) is 6.29. The molecule has 1 aliphatic heterocycles. The van der Waals surface area contributed by atoms with Crippen molar-refractivity contribution in [2.24, 2.45) is 0 Å². The topological polar surface area (TPSA) is 90.1 Å². The van der Waals surface area contributed by atoms with Gasteiger partial charge in [-0.05, 0) is 44.2 Å². The molecule has 1 atom stereocenters. The number of aromatic amines is 1. The summed E-state index contributed by atoms with van der Waals surface area (Å²) in [7, 11) is 1.77. The highest BCUT2D eigenvalue weighted by molar-refractivity contribution is 5.91. The van der Waals surface area contributed by atoms with Gasteiger partial charge < -0.3 is 20.5 Å². The second-order valence-corrected chi connectivity index (χ2v) is 8.35. The third-order valence-corrected chi connectivity index (χ3v) is 5.95. The number of likely N-dealkylation sites (N-methyl/N-ethyl adjacent to an activating group) is 1. The first-order chi connectivity index (χ1) is 13.9. The maximum Gasteiger partial charge on any atom is 0.245 e. The monoisotopic (exact) mass is 395 g/mol. The molecular weight excluding hydrogens is 366 g/mol. The molecule has 4 rings (SSSR count). The van der Waals surface area contributed by atoms with E-state index < -0.39 is 5.54 Å². The number of rotatable bonds is 6. The third-order valence-electron chi connectivity index (χ3n) is 5.95. The molecule has 1 aliphatic carbocycles. The van der Waals surface area contributed by atoms with Crippen LogP contribution in [0.25, 0.3) is 0 Å². The summed E-state index contributed by atoms with van der Waals surface area (Å²) >= 11 is 0. The van der Waals surface area contributed by atoms with Gasteiger partial charge in [-0.3, -0.25) is 9.59 Å².